The summed E-state index contributed by atoms with van der Waals surface area (Å²) < 4.78 is 26.8. The van der Waals surface area contributed by atoms with Crippen LogP contribution < -0.4 is 5.32 Å². The molecule has 0 bridgehead atoms. The maximum Gasteiger partial charge on any atom is 0.243 e. The van der Waals surface area contributed by atoms with E-state index in [0.29, 0.717) is 24.8 Å². The van der Waals surface area contributed by atoms with E-state index in [-0.39, 0.29) is 16.8 Å². The molecule has 156 valence electrons. The van der Waals surface area contributed by atoms with E-state index in [0.717, 1.165) is 32.2 Å². The predicted octanol–water partition coefficient (Wildman–Crippen LogP) is 3.70. The highest BCUT2D eigenvalue weighted by molar-refractivity contribution is 7.89. The van der Waals surface area contributed by atoms with Crippen molar-refractivity contribution in [1.82, 2.24) is 9.21 Å². The number of carbonyl (C=O) groups is 1. The lowest BCUT2D eigenvalue weighted by Crippen LogP contribution is -2.41. The molecule has 2 aliphatic heterocycles. The van der Waals surface area contributed by atoms with E-state index in [1.54, 1.807) is 35.6 Å². The molecular formula is C21H27N3O3S2. The lowest BCUT2D eigenvalue weighted by atomic mass is 10.1. The summed E-state index contributed by atoms with van der Waals surface area (Å²) in [4.78, 5) is 16.7. The second-order valence-corrected chi connectivity index (χ2v) is 10.6. The van der Waals surface area contributed by atoms with Gasteiger partial charge in [-0.15, -0.1) is 11.3 Å². The van der Waals surface area contributed by atoms with Crippen molar-refractivity contribution in [3.05, 3.63) is 46.7 Å². The van der Waals surface area contributed by atoms with Gasteiger partial charge in [0.05, 0.1) is 10.9 Å². The van der Waals surface area contributed by atoms with Gasteiger partial charge in [0.2, 0.25) is 15.9 Å². The normalized spacial score (nSPS) is 22.0. The summed E-state index contributed by atoms with van der Waals surface area (Å²) in [5.74, 6) is -0.0661. The van der Waals surface area contributed by atoms with Crippen molar-refractivity contribution in [3.8, 4) is 0 Å². The number of nitrogens with zero attached hydrogens (tertiary/aromatic N) is 2. The Morgan fingerprint density at radius 1 is 1.10 bits per heavy atom. The lowest BCUT2D eigenvalue weighted by Gasteiger charge is -2.29. The Balaban J connectivity index is 1.41. The monoisotopic (exact) mass is 433 g/mol. The number of amides is 1. The molecule has 1 aromatic carbocycles. The highest BCUT2D eigenvalue weighted by Gasteiger charge is 2.33. The summed E-state index contributed by atoms with van der Waals surface area (Å²) in [6.45, 7) is 4.01. The van der Waals surface area contributed by atoms with Crippen molar-refractivity contribution in [2.24, 2.45) is 0 Å². The first-order chi connectivity index (χ1) is 14.0. The van der Waals surface area contributed by atoms with Crippen LogP contribution in [0, 0.1) is 0 Å². The van der Waals surface area contributed by atoms with Crippen molar-refractivity contribution < 1.29 is 13.2 Å². The predicted molar refractivity (Wildman–Crippen MR) is 116 cm³/mol. The van der Waals surface area contributed by atoms with E-state index in [9.17, 15) is 13.2 Å². The van der Waals surface area contributed by atoms with Gasteiger partial charge in [-0.3, -0.25) is 9.69 Å². The number of nitrogens with one attached hydrogen (secondary N) is 1. The largest absolute Gasteiger partial charge is 0.325 e. The highest BCUT2D eigenvalue weighted by atomic mass is 32.2. The zero-order valence-corrected chi connectivity index (χ0v) is 18.2. The van der Waals surface area contributed by atoms with E-state index >= 15 is 0 Å². The Morgan fingerprint density at radius 3 is 2.48 bits per heavy atom. The van der Waals surface area contributed by atoms with Crippen LogP contribution >= 0.6 is 11.3 Å². The van der Waals surface area contributed by atoms with E-state index < -0.39 is 10.0 Å². The number of rotatable bonds is 6. The standard InChI is InChI=1S/C21H27N3O3S2/c1-16(24-14-4-6-19(24)20-7-5-15-28-20)21(25)22-17-8-10-18(11-9-17)29(26,27)23-12-2-3-13-23/h5,7-11,15-16,19H,2-4,6,12-14H2,1H3,(H,22,25)/t16-,19+/m0/s1. The van der Waals surface area contributed by atoms with Crippen LogP contribution in [0.3, 0.4) is 0 Å². The summed E-state index contributed by atoms with van der Waals surface area (Å²) in [6, 6.07) is 10.7. The van der Waals surface area contributed by atoms with Gasteiger partial charge in [0.25, 0.3) is 0 Å². The number of hydrogen-bond donors (Lipinski definition) is 1. The molecule has 6 nitrogen and oxygen atoms in total. The molecule has 1 N–H and O–H groups in total. The minimum Gasteiger partial charge on any atom is -0.325 e. The summed E-state index contributed by atoms with van der Waals surface area (Å²) in [5, 5.41) is 5.02. The lowest BCUT2D eigenvalue weighted by molar-refractivity contribution is -0.121. The van der Waals surface area contributed by atoms with Crippen LogP contribution in [0.25, 0.3) is 0 Å². The van der Waals surface area contributed by atoms with Crippen LogP contribution in [0.15, 0.2) is 46.7 Å². The molecule has 0 saturated carbocycles. The molecule has 2 atom stereocenters. The Kier molecular flexibility index (Phi) is 6.06. The van der Waals surface area contributed by atoms with Gasteiger partial charge < -0.3 is 5.32 Å². The van der Waals surface area contributed by atoms with Crippen molar-refractivity contribution >= 4 is 33.0 Å². The molecule has 3 heterocycles. The zero-order chi connectivity index (χ0) is 20.4. The van der Waals surface area contributed by atoms with Gasteiger partial charge >= 0.3 is 0 Å². The molecule has 0 unspecified atom stereocenters. The van der Waals surface area contributed by atoms with Gasteiger partial charge in [-0.25, -0.2) is 8.42 Å². The van der Waals surface area contributed by atoms with Crippen LogP contribution in [0.4, 0.5) is 5.69 Å². The molecule has 2 saturated heterocycles. The first-order valence-electron chi connectivity index (χ1n) is 10.2. The first kappa shape index (κ1) is 20.5. The molecule has 8 heteroatoms. The van der Waals surface area contributed by atoms with Gasteiger partial charge in [0.15, 0.2) is 0 Å². The van der Waals surface area contributed by atoms with Crippen LogP contribution in [0.2, 0.25) is 0 Å². The number of likely N-dealkylation sites (tertiary alicyclic amines) is 1. The molecule has 29 heavy (non-hydrogen) atoms. The van der Waals surface area contributed by atoms with Crippen molar-refractivity contribution in [2.45, 2.75) is 49.6 Å². The smallest absolute Gasteiger partial charge is 0.243 e. The van der Waals surface area contributed by atoms with Crippen molar-refractivity contribution in [3.63, 3.8) is 0 Å². The molecular weight excluding hydrogens is 406 g/mol. The number of hydrogen-bond acceptors (Lipinski definition) is 5. The maximum absolute atomic E-state index is 12.8. The molecule has 2 aliphatic rings. The zero-order valence-electron chi connectivity index (χ0n) is 16.6. The number of anilines is 1. The van der Waals surface area contributed by atoms with Crippen LogP contribution in [-0.4, -0.2) is 49.2 Å². The Morgan fingerprint density at radius 2 is 1.83 bits per heavy atom. The average molecular weight is 434 g/mol. The van der Waals surface area contributed by atoms with Crippen LogP contribution in [-0.2, 0) is 14.8 Å². The van der Waals surface area contributed by atoms with Crippen molar-refractivity contribution in [2.75, 3.05) is 25.0 Å². The fourth-order valence-electron chi connectivity index (χ4n) is 4.22. The third-order valence-corrected chi connectivity index (χ3v) is 8.75. The van der Waals surface area contributed by atoms with Gasteiger partial charge in [0.1, 0.15) is 0 Å². The van der Waals surface area contributed by atoms with Crippen LogP contribution in [0.1, 0.15) is 43.5 Å². The van der Waals surface area contributed by atoms with Gasteiger partial charge in [-0.2, -0.15) is 4.31 Å². The third kappa shape index (κ3) is 4.26. The number of sulfonamides is 1. The molecule has 1 amide bonds. The molecule has 0 spiro atoms. The van der Waals surface area contributed by atoms with Crippen LogP contribution in [0.5, 0.6) is 0 Å². The summed E-state index contributed by atoms with van der Waals surface area (Å²) in [7, 11) is -3.43. The summed E-state index contributed by atoms with van der Waals surface area (Å²) in [6.07, 6.45) is 3.98. The Hall–Kier alpha value is -1.74. The summed E-state index contributed by atoms with van der Waals surface area (Å²) in [5.41, 5.74) is 0.620. The fourth-order valence-corrected chi connectivity index (χ4v) is 6.62. The maximum atomic E-state index is 12.8. The Bertz CT molecular complexity index is 936. The van der Waals surface area contributed by atoms with E-state index in [1.165, 1.54) is 9.18 Å². The highest BCUT2D eigenvalue weighted by Crippen LogP contribution is 2.36. The van der Waals surface area contributed by atoms with E-state index in [4.69, 9.17) is 0 Å². The van der Waals surface area contributed by atoms with Crippen molar-refractivity contribution in [1.29, 1.82) is 0 Å². The fraction of sp³-hybridized carbons (Fsp3) is 0.476. The third-order valence-electron chi connectivity index (χ3n) is 5.87. The number of thiophene rings is 1. The molecule has 0 aliphatic carbocycles. The second kappa shape index (κ2) is 8.55. The second-order valence-electron chi connectivity index (χ2n) is 7.71. The first-order valence-corrected chi connectivity index (χ1v) is 12.5. The van der Waals surface area contributed by atoms with Gasteiger partial charge in [-0.1, -0.05) is 6.07 Å². The molecule has 1 aromatic heterocycles. The Labute approximate surface area is 176 Å². The quantitative estimate of drug-likeness (QED) is 0.754. The van der Waals surface area contributed by atoms with Gasteiger partial charge in [0, 0.05) is 29.7 Å². The molecule has 2 aromatic rings. The SMILES string of the molecule is C[C@@H](C(=O)Nc1ccc(S(=O)(=O)N2CCCC2)cc1)N1CCC[C@@H]1c1cccs1. The average Bonchev–Trinajstić information content (AvgIpc) is 3.49. The minimum atomic E-state index is -3.43. The number of benzene rings is 1. The van der Waals surface area contributed by atoms with E-state index in [2.05, 4.69) is 27.7 Å². The minimum absolute atomic E-state index is 0.0661. The van der Waals surface area contributed by atoms with Gasteiger partial charge in [-0.05, 0) is 74.9 Å². The topological polar surface area (TPSA) is 69.7 Å². The number of carbonyl (C=O) groups excluding carboxylic acids is 1. The van der Waals surface area contributed by atoms with E-state index in [1.807, 2.05) is 6.92 Å². The molecule has 0 radical (unpaired) electrons. The molecule has 2 fully saturated rings. The molecule has 4 rings (SSSR count). The summed E-state index contributed by atoms with van der Waals surface area (Å²) >= 11 is 1.74.